The average molecular weight is 432 g/mol. The van der Waals surface area contributed by atoms with Gasteiger partial charge < -0.3 is 20.4 Å². The van der Waals surface area contributed by atoms with E-state index in [9.17, 15) is 19.7 Å². The highest BCUT2D eigenvalue weighted by Gasteiger charge is 2.25. The Bertz CT molecular complexity index is 791. The van der Waals surface area contributed by atoms with Gasteiger partial charge in [-0.2, -0.15) is 0 Å². The lowest BCUT2D eigenvalue weighted by Gasteiger charge is -2.23. The van der Waals surface area contributed by atoms with Crippen molar-refractivity contribution in [2.75, 3.05) is 12.7 Å². The average Bonchev–Trinajstić information content (AvgIpc) is 2.61. The second-order valence-corrected chi connectivity index (χ2v) is 9.83. The molecular weight excluding hydrogens is 408 g/mol. The zero-order chi connectivity index (χ0) is 20.0. The second-order valence-electron chi connectivity index (χ2n) is 6.64. The first-order valence-electron chi connectivity index (χ1n) is 8.57. The van der Waals surface area contributed by atoms with Gasteiger partial charge >= 0.3 is 0 Å². The van der Waals surface area contributed by atoms with Gasteiger partial charge in [0, 0.05) is 18.7 Å². The molecule has 0 heterocycles. The standard InChI is InChI=1S/C19H24Cl2NO4P/c1-13(19(24)15-7-8-17(20)18(21)9-15)22-10-16(23)12-27(25,26)11-14-5-3-2-4-6-14/h2-9,13,16,19,22-24H,10-12H2,1H3,(H,25,26). The van der Waals surface area contributed by atoms with Crippen LogP contribution in [0.25, 0.3) is 0 Å². The molecule has 0 radical (unpaired) electrons. The van der Waals surface area contributed by atoms with Crippen molar-refractivity contribution in [2.24, 2.45) is 0 Å². The molecule has 0 bridgehead atoms. The molecule has 0 fully saturated rings. The van der Waals surface area contributed by atoms with E-state index in [-0.39, 0.29) is 18.9 Å². The summed E-state index contributed by atoms with van der Waals surface area (Å²) in [6.07, 6.45) is -2.07. The molecule has 4 atom stereocenters. The highest BCUT2D eigenvalue weighted by atomic mass is 35.5. The van der Waals surface area contributed by atoms with E-state index in [2.05, 4.69) is 5.32 Å². The van der Waals surface area contributed by atoms with Crippen molar-refractivity contribution in [1.82, 2.24) is 5.32 Å². The van der Waals surface area contributed by atoms with Gasteiger partial charge in [-0.3, -0.25) is 4.57 Å². The van der Waals surface area contributed by atoms with Gasteiger partial charge in [0.15, 0.2) is 0 Å². The molecule has 2 rings (SSSR count). The Hall–Kier alpha value is -0.910. The van der Waals surface area contributed by atoms with Crippen LogP contribution in [0.1, 0.15) is 24.2 Å². The molecule has 0 spiro atoms. The summed E-state index contributed by atoms with van der Waals surface area (Å²) in [6.45, 7) is 1.83. The zero-order valence-electron chi connectivity index (χ0n) is 14.9. The molecule has 0 saturated heterocycles. The van der Waals surface area contributed by atoms with Crippen molar-refractivity contribution in [1.29, 1.82) is 0 Å². The van der Waals surface area contributed by atoms with Crippen LogP contribution < -0.4 is 5.32 Å². The summed E-state index contributed by atoms with van der Waals surface area (Å²) in [4.78, 5) is 10.1. The minimum absolute atomic E-state index is 0.0202. The molecule has 4 N–H and O–H groups in total. The summed E-state index contributed by atoms with van der Waals surface area (Å²) in [5.74, 6) is 0. The van der Waals surface area contributed by atoms with Crippen molar-refractivity contribution in [3.05, 3.63) is 69.7 Å². The van der Waals surface area contributed by atoms with Crippen LogP contribution in [0, 0.1) is 0 Å². The summed E-state index contributed by atoms with van der Waals surface area (Å²) >= 11 is 11.8. The number of rotatable bonds is 9. The first-order chi connectivity index (χ1) is 12.7. The molecule has 0 amide bonds. The normalized spacial score (nSPS) is 17.1. The smallest absolute Gasteiger partial charge is 0.207 e. The summed E-state index contributed by atoms with van der Waals surface area (Å²) < 4.78 is 12.4. The zero-order valence-corrected chi connectivity index (χ0v) is 17.3. The topological polar surface area (TPSA) is 89.8 Å². The predicted molar refractivity (Wildman–Crippen MR) is 110 cm³/mol. The predicted octanol–water partition coefficient (Wildman–Crippen LogP) is 3.84. The minimum atomic E-state index is -3.51. The molecule has 0 aliphatic rings. The molecule has 0 saturated carbocycles. The third-order valence-electron chi connectivity index (χ3n) is 4.20. The molecule has 27 heavy (non-hydrogen) atoms. The fourth-order valence-corrected chi connectivity index (χ4v) is 4.75. The van der Waals surface area contributed by atoms with Gasteiger partial charge in [0.1, 0.15) is 0 Å². The van der Waals surface area contributed by atoms with Crippen LogP contribution in [0.5, 0.6) is 0 Å². The minimum Gasteiger partial charge on any atom is -0.391 e. The van der Waals surface area contributed by atoms with Crippen LogP contribution in [0.4, 0.5) is 0 Å². The fourth-order valence-electron chi connectivity index (χ4n) is 2.75. The Balaban J connectivity index is 1.85. The van der Waals surface area contributed by atoms with Gasteiger partial charge in [0.2, 0.25) is 7.37 Å². The van der Waals surface area contributed by atoms with Crippen molar-refractivity contribution in [2.45, 2.75) is 31.3 Å². The maximum atomic E-state index is 12.4. The second kappa shape index (κ2) is 10.0. The third kappa shape index (κ3) is 7.20. The van der Waals surface area contributed by atoms with Crippen molar-refractivity contribution in [3.63, 3.8) is 0 Å². The molecular formula is C19H24Cl2NO4P. The number of hydrogen-bond donors (Lipinski definition) is 4. The maximum Gasteiger partial charge on any atom is 0.207 e. The van der Waals surface area contributed by atoms with E-state index in [1.54, 1.807) is 49.4 Å². The molecule has 5 nitrogen and oxygen atoms in total. The highest BCUT2D eigenvalue weighted by molar-refractivity contribution is 7.57. The van der Waals surface area contributed by atoms with Crippen molar-refractivity contribution >= 4 is 30.6 Å². The molecule has 0 aromatic heterocycles. The van der Waals surface area contributed by atoms with Gasteiger partial charge in [0.05, 0.1) is 28.4 Å². The molecule has 148 valence electrons. The summed E-state index contributed by atoms with van der Waals surface area (Å²) in [7, 11) is -3.51. The van der Waals surface area contributed by atoms with E-state index in [0.29, 0.717) is 15.6 Å². The van der Waals surface area contributed by atoms with Gasteiger partial charge in [0.25, 0.3) is 0 Å². The fraction of sp³-hybridized carbons (Fsp3) is 0.368. The van der Waals surface area contributed by atoms with Gasteiger partial charge in [-0.25, -0.2) is 0 Å². The lowest BCUT2D eigenvalue weighted by Crippen LogP contribution is -2.38. The first kappa shape index (κ1) is 22.4. The van der Waals surface area contributed by atoms with Gasteiger partial charge in [-0.1, -0.05) is 59.6 Å². The summed E-state index contributed by atoms with van der Waals surface area (Å²) in [5.41, 5.74) is 1.35. The van der Waals surface area contributed by atoms with Crippen LogP contribution in [0.15, 0.2) is 48.5 Å². The lowest BCUT2D eigenvalue weighted by atomic mass is 10.0. The van der Waals surface area contributed by atoms with Crippen LogP contribution in [-0.2, 0) is 10.7 Å². The Morgan fingerprint density at radius 2 is 1.74 bits per heavy atom. The Kier molecular flexibility index (Phi) is 8.32. The summed E-state index contributed by atoms with van der Waals surface area (Å²) in [5, 5.41) is 24.3. The number of benzene rings is 2. The van der Waals surface area contributed by atoms with Crippen LogP contribution >= 0.6 is 30.6 Å². The van der Waals surface area contributed by atoms with E-state index >= 15 is 0 Å². The molecule has 0 aliphatic carbocycles. The number of hydrogen-bond acceptors (Lipinski definition) is 4. The Labute approximate surface area is 169 Å². The molecule has 8 heteroatoms. The summed E-state index contributed by atoms with van der Waals surface area (Å²) in [6, 6.07) is 13.5. The third-order valence-corrected chi connectivity index (χ3v) is 6.79. The van der Waals surface area contributed by atoms with Crippen LogP contribution in [-0.4, -0.2) is 40.0 Å². The Morgan fingerprint density at radius 1 is 1.07 bits per heavy atom. The van der Waals surface area contributed by atoms with Gasteiger partial charge in [-0.15, -0.1) is 0 Å². The van der Waals surface area contributed by atoms with Crippen LogP contribution in [0.2, 0.25) is 10.0 Å². The van der Waals surface area contributed by atoms with E-state index in [0.717, 1.165) is 5.56 Å². The van der Waals surface area contributed by atoms with Crippen molar-refractivity contribution < 1.29 is 19.7 Å². The van der Waals surface area contributed by atoms with Crippen molar-refractivity contribution in [3.8, 4) is 0 Å². The maximum absolute atomic E-state index is 12.4. The molecule has 4 unspecified atom stereocenters. The number of aliphatic hydroxyl groups excluding tert-OH is 2. The lowest BCUT2D eigenvalue weighted by molar-refractivity contribution is 0.121. The first-order valence-corrected chi connectivity index (χ1v) is 11.4. The monoisotopic (exact) mass is 431 g/mol. The number of nitrogens with one attached hydrogen (secondary N) is 1. The molecule has 2 aromatic rings. The van der Waals surface area contributed by atoms with Crippen LogP contribution in [0.3, 0.4) is 0 Å². The molecule has 2 aromatic carbocycles. The molecule has 0 aliphatic heterocycles. The highest BCUT2D eigenvalue weighted by Crippen LogP contribution is 2.44. The number of halogens is 2. The van der Waals surface area contributed by atoms with E-state index in [1.807, 2.05) is 6.07 Å². The van der Waals surface area contributed by atoms with E-state index < -0.39 is 25.6 Å². The quantitative estimate of drug-likeness (QED) is 0.453. The largest absolute Gasteiger partial charge is 0.391 e. The van der Waals surface area contributed by atoms with E-state index in [1.165, 1.54) is 0 Å². The SMILES string of the molecule is CC(NCC(O)CP(=O)(O)Cc1ccccc1)C(O)c1ccc(Cl)c(Cl)c1. The Morgan fingerprint density at radius 3 is 2.37 bits per heavy atom. The van der Waals surface area contributed by atoms with E-state index in [4.69, 9.17) is 23.2 Å². The number of aliphatic hydroxyl groups is 2. The van der Waals surface area contributed by atoms with Gasteiger partial charge in [-0.05, 0) is 30.2 Å².